The van der Waals surface area contributed by atoms with Crippen molar-refractivity contribution in [2.24, 2.45) is 11.7 Å². The molecule has 1 rings (SSSR count). The number of carbonyl (C=O) groups is 2. The minimum atomic E-state index is -1.33. The number of carbonyl (C=O) groups excluding carboxylic acids is 2. The summed E-state index contributed by atoms with van der Waals surface area (Å²) in [7, 11) is 0. The van der Waals surface area contributed by atoms with Crippen molar-refractivity contribution >= 4 is 12.0 Å². The van der Waals surface area contributed by atoms with E-state index in [-0.39, 0.29) is 5.92 Å². The van der Waals surface area contributed by atoms with Crippen LogP contribution in [0.5, 0.6) is 0 Å². The summed E-state index contributed by atoms with van der Waals surface area (Å²) in [5, 5.41) is 10.5. The first-order valence-electron chi connectivity index (χ1n) is 4.86. The third kappa shape index (κ3) is 2.53. The second-order valence-corrected chi connectivity index (χ2v) is 3.81. The minimum Gasteiger partial charge on any atom is -0.368 e. The number of amides is 2. The lowest BCUT2D eigenvalue weighted by Gasteiger charge is -2.30. The summed E-state index contributed by atoms with van der Waals surface area (Å²) in [6, 6.07) is -0.489. The van der Waals surface area contributed by atoms with Gasteiger partial charge >= 0.3 is 6.09 Å². The molecule has 0 saturated heterocycles. The van der Waals surface area contributed by atoms with Gasteiger partial charge in [-0.05, 0) is 5.92 Å². The lowest BCUT2D eigenvalue weighted by atomic mass is 10.0. The minimum absolute atomic E-state index is 0.0290. The first-order valence-corrected chi connectivity index (χ1v) is 4.86. The van der Waals surface area contributed by atoms with Crippen LogP contribution in [0.3, 0.4) is 0 Å². The van der Waals surface area contributed by atoms with Crippen molar-refractivity contribution in [3.8, 4) is 0 Å². The molecular weight excluding hydrogens is 210 g/mol. The lowest BCUT2D eigenvalue weighted by molar-refractivity contribution is -0.122. The van der Waals surface area contributed by atoms with Gasteiger partial charge in [0.2, 0.25) is 5.91 Å². The molecule has 0 spiro atoms. The number of nitrogens with zero attached hydrogens (tertiary/aromatic N) is 2. The van der Waals surface area contributed by atoms with Crippen LogP contribution in [0.1, 0.15) is 13.8 Å². The van der Waals surface area contributed by atoms with Gasteiger partial charge in [-0.25, -0.2) is 9.90 Å². The number of hydrogen-bond acceptors (Lipinski definition) is 3. The van der Waals surface area contributed by atoms with Crippen LogP contribution in [-0.4, -0.2) is 27.8 Å². The van der Waals surface area contributed by atoms with Gasteiger partial charge < -0.3 is 10.6 Å². The van der Waals surface area contributed by atoms with Crippen LogP contribution in [0.15, 0.2) is 24.8 Å². The largest absolute Gasteiger partial charge is 0.461 e. The SMILES string of the molecule is CC(C)C(C(N)=O)N1C=CN(C([O])=O)C=C1. The van der Waals surface area contributed by atoms with Gasteiger partial charge in [0.15, 0.2) is 0 Å². The second-order valence-electron chi connectivity index (χ2n) is 3.81. The molecule has 1 unspecified atom stereocenters. The average molecular weight is 224 g/mol. The van der Waals surface area contributed by atoms with E-state index in [0.29, 0.717) is 0 Å². The van der Waals surface area contributed by atoms with E-state index in [1.807, 2.05) is 13.8 Å². The molecule has 0 aliphatic carbocycles. The Balaban J connectivity index is 2.78. The molecule has 1 heterocycles. The Kier molecular flexibility index (Phi) is 3.55. The van der Waals surface area contributed by atoms with Gasteiger partial charge in [-0.3, -0.25) is 9.69 Å². The van der Waals surface area contributed by atoms with Gasteiger partial charge in [0, 0.05) is 24.8 Å². The summed E-state index contributed by atoms with van der Waals surface area (Å²) in [6.07, 6.45) is 4.23. The zero-order chi connectivity index (χ0) is 12.3. The van der Waals surface area contributed by atoms with E-state index in [4.69, 9.17) is 5.73 Å². The predicted octanol–water partition coefficient (Wildman–Crippen LogP) is 0.607. The lowest BCUT2D eigenvalue weighted by Crippen LogP contribution is -2.44. The number of hydrogen-bond donors (Lipinski definition) is 1. The van der Waals surface area contributed by atoms with Crippen molar-refractivity contribution in [3.63, 3.8) is 0 Å². The van der Waals surface area contributed by atoms with Crippen LogP contribution in [-0.2, 0) is 9.90 Å². The van der Waals surface area contributed by atoms with Crippen LogP contribution < -0.4 is 5.73 Å². The fraction of sp³-hybridized carbons (Fsp3) is 0.400. The maximum Gasteiger partial charge on any atom is 0.461 e. The molecule has 2 N–H and O–H groups in total. The van der Waals surface area contributed by atoms with Gasteiger partial charge in [0.05, 0.1) is 0 Å². The highest BCUT2D eigenvalue weighted by Crippen LogP contribution is 2.15. The standard InChI is InChI=1S/C10H14N3O3/c1-7(2)8(9(11)14)12-3-5-13(6-4-12)10(15)16/h3-8H,1-2H3,(H2,11,14). The van der Waals surface area contributed by atoms with Crippen LogP contribution >= 0.6 is 0 Å². The van der Waals surface area contributed by atoms with Crippen molar-refractivity contribution in [1.82, 2.24) is 9.80 Å². The van der Waals surface area contributed by atoms with Crippen LogP contribution in [0.2, 0.25) is 0 Å². The van der Waals surface area contributed by atoms with Gasteiger partial charge in [0.1, 0.15) is 6.04 Å². The monoisotopic (exact) mass is 224 g/mol. The smallest absolute Gasteiger partial charge is 0.368 e. The Hall–Kier alpha value is -1.98. The van der Waals surface area contributed by atoms with Gasteiger partial charge in [0.25, 0.3) is 0 Å². The molecule has 6 heteroatoms. The summed E-state index contributed by atoms with van der Waals surface area (Å²) in [6.45, 7) is 3.73. The topological polar surface area (TPSA) is 86.5 Å². The molecule has 1 atom stereocenters. The molecule has 87 valence electrons. The zero-order valence-electron chi connectivity index (χ0n) is 9.16. The molecular formula is C10H14N3O3. The van der Waals surface area contributed by atoms with E-state index in [1.165, 1.54) is 24.8 Å². The van der Waals surface area contributed by atoms with Crippen molar-refractivity contribution in [3.05, 3.63) is 24.8 Å². The Morgan fingerprint density at radius 3 is 1.94 bits per heavy atom. The zero-order valence-corrected chi connectivity index (χ0v) is 9.16. The maximum absolute atomic E-state index is 11.2. The van der Waals surface area contributed by atoms with E-state index in [1.54, 1.807) is 4.90 Å². The molecule has 0 aromatic rings. The fourth-order valence-corrected chi connectivity index (χ4v) is 1.52. The normalized spacial score (nSPS) is 16.7. The second kappa shape index (κ2) is 4.69. The summed E-state index contributed by atoms with van der Waals surface area (Å²) < 4.78 is 0. The summed E-state index contributed by atoms with van der Waals surface area (Å²) >= 11 is 0. The highest BCUT2D eigenvalue weighted by Gasteiger charge is 2.25. The van der Waals surface area contributed by atoms with E-state index in [2.05, 4.69) is 0 Å². The number of nitrogens with two attached hydrogens (primary N) is 1. The molecule has 1 radical (unpaired) electrons. The summed E-state index contributed by atoms with van der Waals surface area (Å²) in [5.41, 5.74) is 5.27. The number of primary amides is 1. The predicted molar refractivity (Wildman–Crippen MR) is 55.9 cm³/mol. The molecule has 6 nitrogen and oxygen atoms in total. The highest BCUT2D eigenvalue weighted by molar-refractivity contribution is 5.80. The Morgan fingerprint density at radius 1 is 1.12 bits per heavy atom. The van der Waals surface area contributed by atoms with E-state index in [0.717, 1.165) is 4.90 Å². The average Bonchev–Trinajstić information content (AvgIpc) is 2.17. The first-order chi connectivity index (χ1) is 7.43. The van der Waals surface area contributed by atoms with E-state index >= 15 is 0 Å². The molecule has 0 aromatic carbocycles. The van der Waals surface area contributed by atoms with Gasteiger partial charge in [-0.2, -0.15) is 0 Å². The summed E-state index contributed by atoms with van der Waals surface area (Å²) in [5.74, 6) is -0.424. The third-order valence-electron chi connectivity index (χ3n) is 2.25. The number of rotatable bonds is 3. The quantitative estimate of drug-likeness (QED) is 0.761. The Bertz CT molecular complexity index is 335. The van der Waals surface area contributed by atoms with Crippen molar-refractivity contribution in [1.29, 1.82) is 0 Å². The van der Waals surface area contributed by atoms with Crippen LogP contribution in [0.25, 0.3) is 0 Å². The van der Waals surface area contributed by atoms with Crippen LogP contribution in [0, 0.1) is 5.92 Å². The van der Waals surface area contributed by atoms with Crippen molar-refractivity contribution in [2.45, 2.75) is 19.9 Å². The summed E-state index contributed by atoms with van der Waals surface area (Å²) in [4.78, 5) is 24.2. The molecule has 1 aliphatic rings. The molecule has 0 saturated carbocycles. The Morgan fingerprint density at radius 2 is 1.62 bits per heavy atom. The molecule has 2 amide bonds. The van der Waals surface area contributed by atoms with Crippen LogP contribution in [0.4, 0.5) is 4.79 Å². The van der Waals surface area contributed by atoms with Crippen molar-refractivity contribution in [2.75, 3.05) is 0 Å². The maximum atomic E-state index is 11.2. The van der Waals surface area contributed by atoms with Gasteiger partial charge in [-0.1, -0.05) is 13.8 Å². The highest BCUT2D eigenvalue weighted by atomic mass is 16.4. The van der Waals surface area contributed by atoms with E-state index < -0.39 is 18.0 Å². The first kappa shape index (κ1) is 12.1. The molecule has 0 aromatic heterocycles. The molecule has 1 aliphatic heterocycles. The Labute approximate surface area is 93.6 Å². The molecule has 0 bridgehead atoms. The van der Waals surface area contributed by atoms with E-state index in [9.17, 15) is 14.7 Å². The molecule has 16 heavy (non-hydrogen) atoms. The third-order valence-corrected chi connectivity index (χ3v) is 2.25. The fourth-order valence-electron chi connectivity index (χ4n) is 1.52. The van der Waals surface area contributed by atoms with Crippen molar-refractivity contribution < 1.29 is 14.7 Å². The van der Waals surface area contributed by atoms with Gasteiger partial charge in [-0.15, -0.1) is 0 Å². The molecule has 0 fully saturated rings.